The van der Waals surface area contributed by atoms with E-state index in [1.807, 2.05) is 0 Å². The Morgan fingerprint density at radius 2 is 0.760 bits per heavy atom. The minimum atomic E-state index is 1.12. The fourth-order valence-electron chi connectivity index (χ4n) is 3.48. The third-order valence-electron chi connectivity index (χ3n) is 5.26. The molecule has 0 saturated heterocycles. The highest BCUT2D eigenvalue weighted by atomic mass is 14.0. The summed E-state index contributed by atoms with van der Waals surface area (Å²) in [5.41, 5.74) is 0. The fourth-order valence-corrected chi connectivity index (χ4v) is 3.48. The Morgan fingerprint density at radius 1 is 0.440 bits per heavy atom. The van der Waals surface area contributed by atoms with Gasteiger partial charge in [0.1, 0.15) is 0 Å². The molecule has 0 unspecified atom stereocenters. The molecule has 0 bridgehead atoms. The molecule has 0 fully saturated rings. The molecule has 0 amide bonds. The van der Waals surface area contributed by atoms with Gasteiger partial charge in [-0.25, -0.2) is 0 Å². The molecule has 0 aliphatic rings. The second kappa shape index (κ2) is 23.7. The first kappa shape index (κ1) is 24.7. The van der Waals surface area contributed by atoms with E-state index >= 15 is 0 Å². The van der Waals surface area contributed by atoms with Gasteiger partial charge in [0.05, 0.1) is 0 Å². The van der Waals surface area contributed by atoms with Crippen LogP contribution in [0.15, 0.2) is 12.2 Å². The quantitative estimate of drug-likeness (QED) is 0.143. The van der Waals surface area contributed by atoms with Crippen molar-refractivity contribution in [2.75, 3.05) is 0 Å². The molecule has 0 rings (SSSR count). The molecule has 149 valence electrons. The summed E-state index contributed by atoms with van der Waals surface area (Å²) in [6.07, 6.45) is 34.3. The summed E-state index contributed by atoms with van der Waals surface area (Å²) in [5, 5.41) is 0. The lowest BCUT2D eigenvalue weighted by Gasteiger charge is -2.02. The van der Waals surface area contributed by atoms with Gasteiger partial charge in [-0.2, -0.15) is 0 Å². The van der Waals surface area contributed by atoms with Gasteiger partial charge < -0.3 is 0 Å². The van der Waals surface area contributed by atoms with Crippen LogP contribution >= 0.6 is 0 Å². The highest BCUT2D eigenvalue weighted by molar-refractivity contribution is 4.81. The summed E-state index contributed by atoms with van der Waals surface area (Å²) < 4.78 is 0. The van der Waals surface area contributed by atoms with Crippen LogP contribution in [0.3, 0.4) is 0 Å². The van der Waals surface area contributed by atoms with Crippen LogP contribution < -0.4 is 0 Å². The van der Waals surface area contributed by atoms with E-state index < -0.39 is 0 Å². The Labute approximate surface area is 161 Å². The van der Waals surface area contributed by atoms with Crippen LogP contribution in [0, 0.1) is 6.92 Å². The Kier molecular flexibility index (Phi) is 23.5. The zero-order valence-electron chi connectivity index (χ0n) is 17.7. The van der Waals surface area contributed by atoms with Crippen molar-refractivity contribution in [3.05, 3.63) is 19.1 Å². The molecule has 25 heavy (non-hydrogen) atoms. The molecule has 0 heteroatoms. The van der Waals surface area contributed by atoms with Crippen LogP contribution in [0.1, 0.15) is 142 Å². The summed E-state index contributed by atoms with van der Waals surface area (Å²) in [5.74, 6) is 0. The second-order valence-electron chi connectivity index (χ2n) is 7.91. The van der Waals surface area contributed by atoms with Crippen molar-refractivity contribution in [1.82, 2.24) is 0 Å². The Balaban J connectivity index is 3.02. The van der Waals surface area contributed by atoms with E-state index in [1.165, 1.54) is 128 Å². The van der Waals surface area contributed by atoms with Crippen LogP contribution in [0.5, 0.6) is 0 Å². The van der Waals surface area contributed by atoms with Gasteiger partial charge in [0, 0.05) is 0 Å². The molecular formula is C25H49. The average molecular weight is 350 g/mol. The monoisotopic (exact) mass is 349 g/mol. The maximum Gasteiger partial charge on any atom is -0.0351 e. The van der Waals surface area contributed by atoms with Gasteiger partial charge >= 0.3 is 0 Å². The van der Waals surface area contributed by atoms with Gasteiger partial charge in [-0.1, -0.05) is 135 Å². The average Bonchev–Trinajstić information content (AvgIpc) is 2.63. The van der Waals surface area contributed by atoms with E-state index in [1.54, 1.807) is 0 Å². The number of hydrogen-bond donors (Lipinski definition) is 0. The lowest BCUT2D eigenvalue weighted by Crippen LogP contribution is -1.83. The van der Waals surface area contributed by atoms with Crippen molar-refractivity contribution in [3.63, 3.8) is 0 Å². The summed E-state index contributed by atoms with van der Waals surface area (Å²) >= 11 is 0. The zero-order chi connectivity index (χ0) is 18.3. The van der Waals surface area contributed by atoms with Crippen LogP contribution in [0.25, 0.3) is 0 Å². The smallest absolute Gasteiger partial charge is 0.0351 e. The SMILES string of the molecule is [CH2]CCCCCCCCCCCCCCC/C=C/CCCCCCC. The molecule has 0 aromatic carbocycles. The first-order valence-corrected chi connectivity index (χ1v) is 11.9. The lowest BCUT2D eigenvalue weighted by atomic mass is 10.0. The van der Waals surface area contributed by atoms with Gasteiger partial charge in [-0.15, -0.1) is 0 Å². The van der Waals surface area contributed by atoms with Crippen molar-refractivity contribution in [3.8, 4) is 0 Å². The zero-order valence-corrected chi connectivity index (χ0v) is 17.7. The molecular weight excluding hydrogens is 300 g/mol. The molecule has 0 spiro atoms. The summed E-state index contributed by atoms with van der Waals surface area (Å²) in [4.78, 5) is 0. The molecule has 0 nitrogen and oxygen atoms in total. The standard InChI is InChI=1S/C25H49/c1-3-5-7-9-11-13-15-17-19-21-23-25-24-22-20-18-16-14-12-10-8-6-4-2/h16,18H,1,3-15,17,19-25H2,2H3/b18-16+. The number of unbranched alkanes of at least 4 members (excludes halogenated alkanes) is 19. The highest BCUT2D eigenvalue weighted by Crippen LogP contribution is 2.13. The maximum atomic E-state index is 3.90. The van der Waals surface area contributed by atoms with E-state index in [-0.39, 0.29) is 0 Å². The van der Waals surface area contributed by atoms with E-state index in [0.29, 0.717) is 0 Å². The Hall–Kier alpha value is -0.260. The topological polar surface area (TPSA) is 0 Å². The van der Waals surface area contributed by atoms with E-state index in [2.05, 4.69) is 26.0 Å². The van der Waals surface area contributed by atoms with Crippen molar-refractivity contribution in [1.29, 1.82) is 0 Å². The van der Waals surface area contributed by atoms with Gasteiger partial charge in [0.25, 0.3) is 0 Å². The molecule has 0 aliphatic heterocycles. The van der Waals surface area contributed by atoms with Crippen molar-refractivity contribution in [2.24, 2.45) is 0 Å². The maximum absolute atomic E-state index is 3.90. The first-order valence-electron chi connectivity index (χ1n) is 11.9. The number of allylic oxidation sites excluding steroid dienone is 2. The van der Waals surface area contributed by atoms with Crippen LogP contribution in [0.4, 0.5) is 0 Å². The molecule has 0 aromatic rings. The first-order chi connectivity index (χ1) is 12.4. The molecule has 0 N–H and O–H groups in total. The molecule has 0 heterocycles. The normalized spacial score (nSPS) is 11.6. The Morgan fingerprint density at radius 3 is 1.12 bits per heavy atom. The molecule has 0 saturated carbocycles. The molecule has 0 aliphatic carbocycles. The van der Waals surface area contributed by atoms with Gasteiger partial charge in [-0.3, -0.25) is 0 Å². The van der Waals surface area contributed by atoms with E-state index in [4.69, 9.17) is 0 Å². The lowest BCUT2D eigenvalue weighted by molar-refractivity contribution is 0.537. The van der Waals surface area contributed by atoms with Crippen LogP contribution in [-0.4, -0.2) is 0 Å². The minimum Gasteiger partial charge on any atom is -0.0885 e. The van der Waals surface area contributed by atoms with Crippen LogP contribution in [0.2, 0.25) is 0 Å². The van der Waals surface area contributed by atoms with Crippen molar-refractivity contribution < 1.29 is 0 Å². The predicted octanol–water partition coefficient (Wildman–Crippen LogP) is 9.59. The van der Waals surface area contributed by atoms with Crippen LogP contribution in [-0.2, 0) is 0 Å². The molecule has 0 aromatic heterocycles. The highest BCUT2D eigenvalue weighted by Gasteiger charge is 1.94. The third kappa shape index (κ3) is 23.7. The summed E-state index contributed by atoms with van der Waals surface area (Å²) in [7, 11) is 0. The molecule has 0 atom stereocenters. The van der Waals surface area contributed by atoms with Gasteiger partial charge in [0.15, 0.2) is 0 Å². The van der Waals surface area contributed by atoms with E-state index in [9.17, 15) is 0 Å². The minimum absolute atomic E-state index is 1.12. The largest absolute Gasteiger partial charge is 0.0885 e. The van der Waals surface area contributed by atoms with E-state index in [0.717, 1.165) is 6.42 Å². The number of rotatable bonds is 21. The third-order valence-corrected chi connectivity index (χ3v) is 5.26. The molecule has 1 radical (unpaired) electrons. The van der Waals surface area contributed by atoms with Crippen molar-refractivity contribution in [2.45, 2.75) is 142 Å². The summed E-state index contributed by atoms with van der Waals surface area (Å²) in [6, 6.07) is 0. The predicted molar refractivity (Wildman–Crippen MR) is 117 cm³/mol. The number of hydrogen-bond acceptors (Lipinski definition) is 0. The van der Waals surface area contributed by atoms with Gasteiger partial charge in [-0.05, 0) is 25.7 Å². The second-order valence-corrected chi connectivity index (χ2v) is 7.91. The van der Waals surface area contributed by atoms with Gasteiger partial charge in [0.2, 0.25) is 0 Å². The fraction of sp³-hybridized carbons (Fsp3) is 0.880. The van der Waals surface area contributed by atoms with Crippen molar-refractivity contribution >= 4 is 0 Å². The Bertz CT molecular complexity index is 240. The summed E-state index contributed by atoms with van der Waals surface area (Å²) in [6.45, 7) is 6.19.